The van der Waals surface area contributed by atoms with Crippen molar-refractivity contribution < 1.29 is 18.7 Å². The Bertz CT molecular complexity index is 1120. The lowest BCUT2D eigenvalue weighted by atomic mass is 10.1. The molecule has 3 aromatic rings. The Labute approximate surface area is 179 Å². The fourth-order valence-electron chi connectivity index (χ4n) is 2.83. The first kappa shape index (κ1) is 21.7. The van der Waals surface area contributed by atoms with Gasteiger partial charge < -0.3 is 9.64 Å². The Morgan fingerprint density at radius 2 is 1.84 bits per heavy atom. The highest BCUT2D eigenvalue weighted by Gasteiger charge is 2.21. The number of nitrogens with zero attached hydrogens (tertiary/aromatic N) is 4. The van der Waals surface area contributed by atoms with Crippen LogP contribution in [0.2, 0.25) is 0 Å². The normalized spacial score (nSPS) is 10.4. The van der Waals surface area contributed by atoms with Crippen LogP contribution in [0.15, 0.2) is 54.7 Å². The number of ether oxygens (including phenoxy) is 1. The number of carbonyl (C=O) groups is 2. The Morgan fingerprint density at radius 1 is 1.16 bits per heavy atom. The third-order valence-corrected chi connectivity index (χ3v) is 4.66. The third kappa shape index (κ3) is 5.34. The van der Waals surface area contributed by atoms with Crippen molar-refractivity contribution in [2.75, 3.05) is 20.2 Å². The second-order valence-electron chi connectivity index (χ2n) is 6.98. The smallest absolute Gasteiger partial charge is 0.342 e. The van der Waals surface area contributed by atoms with Crippen molar-refractivity contribution in [3.05, 3.63) is 71.7 Å². The molecule has 0 aliphatic rings. The number of benzene rings is 2. The number of nitriles is 1. The van der Waals surface area contributed by atoms with Gasteiger partial charge in [0, 0.05) is 25.4 Å². The lowest BCUT2D eigenvalue weighted by Gasteiger charge is -2.15. The van der Waals surface area contributed by atoms with Crippen molar-refractivity contribution in [1.29, 1.82) is 5.26 Å². The number of rotatable bonds is 7. The summed E-state index contributed by atoms with van der Waals surface area (Å²) in [6.45, 7) is 1.75. The van der Waals surface area contributed by atoms with Crippen LogP contribution in [0.4, 0.5) is 4.39 Å². The molecule has 0 fully saturated rings. The van der Waals surface area contributed by atoms with Gasteiger partial charge in [-0.3, -0.25) is 4.79 Å². The zero-order valence-electron chi connectivity index (χ0n) is 17.2. The average molecular weight is 420 g/mol. The third-order valence-electron chi connectivity index (χ3n) is 4.66. The average Bonchev–Trinajstić information content (AvgIpc) is 3.22. The quantitative estimate of drug-likeness (QED) is 0.546. The summed E-state index contributed by atoms with van der Waals surface area (Å²) in [6, 6.07) is 15.1. The molecule has 158 valence electrons. The zero-order valence-corrected chi connectivity index (χ0v) is 17.2. The van der Waals surface area contributed by atoms with Crippen molar-refractivity contribution >= 4 is 11.9 Å². The van der Waals surface area contributed by atoms with Gasteiger partial charge >= 0.3 is 5.97 Å². The van der Waals surface area contributed by atoms with Gasteiger partial charge in [-0.2, -0.15) is 10.4 Å². The first-order chi connectivity index (χ1) is 14.9. The van der Waals surface area contributed by atoms with Gasteiger partial charge in [-0.05, 0) is 31.2 Å². The van der Waals surface area contributed by atoms with Gasteiger partial charge in [-0.25, -0.2) is 13.9 Å². The zero-order chi connectivity index (χ0) is 22.4. The van der Waals surface area contributed by atoms with Crippen LogP contribution in [-0.4, -0.2) is 46.8 Å². The molecule has 7 nitrogen and oxygen atoms in total. The first-order valence-electron chi connectivity index (χ1n) is 9.59. The number of amides is 1. The van der Waals surface area contributed by atoms with E-state index in [1.165, 1.54) is 35.0 Å². The van der Waals surface area contributed by atoms with Crippen molar-refractivity contribution in [2.45, 2.75) is 13.3 Å². The van der Waals surface area contributed by atoms with Crippen molar-refractivity contribution in [2.24, 2.45) is 0 Å². The lowest BCUT2D eigenvalue weighted by Crippen LogP contribution is -2.31. The molecule has 31 heavy (non-hydrogen) atoms. The standard InChI is InChI=1S/C23H21FN4O3/c1-16-4-6-17(7-5-16)22-20(14-28(26-22)19-10-8-18(24)9-11-19)23(30)31-15-21(29)27(2)13-3-12-25/h4-11,14H,3,13,15H2,1-2H3. The summed E-state index contributed by atoms with van der Waals surface area (Å²) in [7, 11) is 1.54. The SMILES string of the molecule is Cc1ccc(-c2nn(-c3ccc(F)cc3)cc2C(=O)OCC(=O)N(C)CCC#N)cc1. The van der Waals surface area contributed by atoms with E-state index >= 15 is 0 Å². The molecule has 2 aromatic carbocycles. The maximum atomic E-state index is 13.3. The molecule has 0 radical (unpaired) electrons. The van der Waals surface area contributed by atoms with Crippen LogP contribution >= 0.6 is 0 Å². The Morgan fingerprint density at radius 3 is 2.48 bits per heavy atom. The minimum atomic E-state index is -0.703. The molecule has 0 aliphatic carbocycles. The summed E-state index contributed by atoms with van der Waals surface area (Å²) in [5, 5.41) is 13.1. The number of hydrogen-bond acceptors (Lipinski definition) is 5. The van der Waals surface area contributed by atoms with E-state index in [1.54, 1.807) is 12.1 Å². The molecule has 3 rings (SSSR count). The number of aromatic nitrogens is 2. The summed E-state index contributed by atoms with van der Waals surface area (Å²) in [5.74, 6) is -1.49. The molecule has 0 saturated carbocycles. The minimum absolute atomic E-state index is 0.181. The summed E-state index contributed by atoms with van der Waals surface area (Å²) in [4.78, 5) is 26.2. The van der Waals surface area contributed by atoms with E-state index < -0.39 is 18.5 Å². The van der Waals surface area contributed by atoms with Crippen molar-refractivity contribution in [3.8, 4) is 23.0 Å². The van der Waals surface area contributed by atoms with Gasteiger partial charge in [0.1, 0.15) is 17.1 Å². The van der Waals surface area contributed by atoms with Gasteiger partial charge in [0.25, 0.3) is 5.91 Å². The maximum Gasteiger partial charge on any atom is 0.342 e. The van der Waals surface area contributed by atoms with Crippen LogP contribution in [0.1, 0.15) is 22.3 Å². The molecule has 8 heteroatoms. The molecular weight excluding hydrogens is 399 g/mol. The highest BCUT2D eigenvalue weighted by Crippen LogP contribution is 2.25. The monoisotopic (exact) mass is 420 g/mol. The van der Waals surface area contributed by atoms with E-state index in [0.29, 0.717) is 16.9 Å². The predicted molar refractivity (Wildman–Crippen MR) is 112 cm³/mol. The molecular formula is C23H21FN4O3. The molecule has 1 aromatic heterocycles. The van der Waals surface area contributed by atoms with Crippen LogP contribution in [0.3, 0.4) is 0 Å². The second kappa shape index (κ2) is 9.67. The number of halogens is 1. The number of esters is 1. The van der Waals surface area contributed by atoms with Crippen molar-refractivity contribution in [3.63, 3.8) is 0 Å². The highest BCUT2D eigenvalue weighted by atomic mass is 19.1. The molecule has 0 aliphatic heterocycles. The van der Waals surface area contributed by atoms with Crippen LogP contribution < -0.4 is 0 Å². The van der Waals surface area contributed by atoms with Crippen LogP contribution in [0.5, 0.6) is 0 Å². The number of hydrogen-bond donors (Lipinski definition) is 0. The fourth-order valence-corrected chi connectivity index (χ4v) is 2.83. The van der Waals surface area contributed by atoms with Gasteiger partial charge in [-0.1, -0.05) is 29.8 Å². The lowest BCUT2D eigenvalue weighted by molar-refractivity contribution is -0.133. The summed E-state index contributed by atoms with van der Waals surface area (Å²) < 4.78 is 20.0. The molecule has 1 amide bonds. The van der Waals surface area contributed by atoms with Gasteiger partial charge in [0.2, 0.25) is 0 Å². The van der Waals surface area contributed by atoms with Crippen molar-refractivity contribution in [1.82, 2.24) is 14.7 Å². The summed E-state index contributed by atoms with van der Waals surface area (Å²) >= 11 is 0. The largest absolute Gasteiger partial charge is 0.452 e. The highest BCUT2D eigenvalue weighted by molar-refractivity contribution is 5.97. The Kier molecular flexibility index (Phi) is 6.78. The van der Waals surface area contributed by atoms with Gasteiger partial charge in [-0.15, -0.1) is 0 Å². The summed E-state index contributed by atoms with van der Waals surface area (Å²) in [6.07, 6.45) is 1.69. The molecule has 0 atom stereocenters. The van der Waals surface area contributed by atoms with E-state index in [0.717, 1.165) is 5.56 Å². The molecule has 0 unspecified atom stereocenters. The Hall–Kier alpha value is -3.99. The minimum Gasteiger partial charge on any atom is -0.452 e. The van der Waals surface area contributed by atoms with E-state index in [2.05, 4.69) is 5.10 Å². The topological polar surface area (TPSA) is 88.2 Å². The van der Waals surface area contributed by atoms with E-state index in [-0.39, 0.29) is 24.3 Å². The van der Waals surface area contributed by atoms with Crippen LogP contribution in [0, 0.1) is 24.1 Å². The number of likely N-dealkylation sites (N-methyl/N-ethyl adjacent to an activating group) is 1. The van der Waals surface area contributed by atoms with Crippen LogP contribution in [0.25, 0.3) is 16.9 Å². The Balaban J connectivity index is 1.87. The van der Waals surface area contributed by atoms with E-state index in [1.807, 2.05) is 37.3 Å². The maximum absolute atomic E-state index is 13.3. The van der Waals surface area contributed by atoms with Gasteiger partial charge in [0.05, 0.1) is 18.2 Å². The molecule has 0 spiro atoms. The second-order valence-corrected chi connectivity index (χ2v) is 6.98. The summed E-state index contributed by atoms with van der Waals surface area (Å²) in [5.41, 5.74) is 2.90. The van der Waals surface area contributed by atoms with Gasteiger partial charge in [0.15, 0.2) is 6.61 Å². The number of carbonyl (C=O) groups excluding carboxylic acids is 2. The first-order valence-corrected chi connectivity index (χ1v) is 9.59. The van der Waals surface area contributed by atoms with Crippen LogP contribution in [-0.2, 0) is 9.53 Å². The molecule has 0 N–H and O–H groups in total. The van der Waals surface area contributed by atoms with E-state index in [4.69, 9.17) is 10.00 Å². The number of aryl methyl sites for hydroxylation is 1. The molecule has 1 heterocycles. The van der Waals surface area contributed by atoms with E-state index in [9.17, 15) is 14.0 Å². The molecule has 0 bridgehead atoms. The molecule has 0 saturated heterocycles. The predicted octanol–water partition coefficient (Wildman–Crippen LogP) is 3.52. The fraction of sp³-hybridized carbons (Fsp3) is 0.217.